The summed E-state index contributed by atoms with van der Waals surface area (Å²) in [6.45, 7) is 1.52. The highest BCUT2D eigenvalue weighted by atomic mass is 19.2. The Hall–Kier alpha value is -1.00. The highest BCUT2D eigenvalue weighted by Crippen LogP contribution is 2.20. The molecule has 2 nitrogen and oxygen atoms in total. The van der Waals surface area contributed by atoms with E-state index in [2.05, 4.69) is 0 Å². The maximum Gasteiger partial charge on any atom is 0.164 e. The van der Waals surface area contributed by atoms with E-state index in [1.54, 1.807) is 0 Å². The Balaban J connectivity index is 3.07. The molecule has 0 bridgehead atoms. The van der Waals surface area contributed by atoms with Crippen molar-refractivity contribution in [3.63, 3.8) is 0 Å². The van der Waals surface area contributed by atoms with Gasteiger partial charge in [-0.15, -0.1) is 0 Å². The van der Waals surface area contributed by atoms with Crippen molar-refractivity contribution >= 4 is 0 Å². The van der Waals surface area contributed by atoms with Crippen LogP contribution < -0.4 is 5.73 Å². The van der Waals surface area contributed by atoms with E-state index in [-0.39, 0.29) is 5.56 Å². The van der Waals surface area contributed by atoms with Crippen LogP contribution in [0, 0.1) is 11.6 Å². The van der Waals surface area contributed by atoms with Crippen molar-refractivity contribution in [2.45, 2.75) is 19.1 Å². The van der Waals surface area contributed by atoms with Crippen LogP contribution in [0.3, 0.4) is 0 Å². The first-order valence-electron chi connectivity index (χ1n) is 3.91. The van der Waals surface area contributed by atoms with Gasteiger partial charge in [-0.25, -0.2) is 8.78 Å². The summed E-state index contributed by atoms with van der Waals surface area (Å²) in [5.74, 6) is -2.01. The molecule has 0 heterocycles. The maximum absolute atomic E-state index is 13.0. The number of halogens is 2. The second kappa shape index (κ2) is 3.81. The predicted molar refractivity (Wildman–Crippen MR) is 45.0 cm³/mol. The van der Waals surface area contributed by atoms with Crippen LogP contribution in [0.4, 0.5) is 8.78 Å². The fourth-order valence-electron chi connectivity index (χ4n) is 1.03. The Morgan fingerprint density at radius 2 is 2.00 bits per heavy atom. The van der Waals surface area contributed by atoms with E-state index in [1.165, 1.54) is 19.1 Å². The number of aliphatic hydroxyl groups is 1. The molecule has 0 fully saturated rings. The van der Waals surface area contributed by atoms with Crippen molar-refractivity contribution in [1.29, 1.82) is 0 Å². The van der Waals surface area contributed by atoms with Crippen LogP contribution in [0.25, 0.3) is 0 Å². The van der Waals surface area contributed by atoms with Gasteiger partial charge in [0.15, 0.2) is 11.6 Å². The van der Waals surface area contributed by atoms with Gasteiger partial charge < -0.3 is 10.8 Å². The Kier molecular flexibility index (Phi) is 2.95. The van der Waals surface area contributed by atoms with E-state index < -0.39 is 23.8 Å². The average Bonchev–Trinajstić information content (AvgIpc) is 2.08. The minimum absolute atomic E-state index is 0.102. The van der Waals surface area contributed by atoms with Crippen LogP contribution in [0.1, 0.15) is 18.6 Å². The zero-order valence-corrected chi connectivity index (χ0v) is 7.17. The SMILES string of the molecule is C[C@H](N)[C@H](O)c1cccc(F)c1F. The predicted octanol–water partition coefficient (Wildman–Crippen LogP) is 1.35. The highest BCUT2D eigenvalue weighted by molar-refractivity contribution is 5.22. The average molecular weight is 187 g/mol. The summed E-state index contributed by atoms with van der Waals surface area (Å²) < 4.78 is 25.7. The van der Waals surface area contributed by atoms with Gasteiger partial charge >= 0.3 is 0 Å². The lowest BCUT2D eigenvalue weighted by atomic mass is 10.0. The standard InChI is InChI=1S/C9H11F2NO/c1-5(12)9(13)6-3-2-4-7(10)8(6)11/h2-5,9,13H,12H2,1H3/t5-,9-/m0/s1. The molecule has 1 aromatic carbocycles. The lowest BCUT2D eigenvalue weighted by molar-refractivity contribution is 0.148. The molecule has 72 valence electrons. The number of nitrogens with two attached hydrogens (primary N) is 1. The van der Waals surface area contributed by atoms with Gasteiger partial charge in [0, 0.05) is 11.6 Å². The van der Waals surface area contributed by atoms with Crippen molar-refractivity contribution in [3.8, 4) is 0 Å². The van der Waals surface area contributed by atoms with E-state index in [1.807, 2.05) is 0 Å². The van der Waals surface area contributed by atoms with Gasteiger partial charge in [0.1, 0.15) is 0 Å². The number of hydrogen-bond acceptors (Lipinski definition) is 2. The van der Waals surface area contributed by atoms with Crippen LogP contribution in [0.15, 0.2) is 18.2 Å². The normalized spacial score (nSPS) is 15.5. The molecule has 0 aliphatic carbocycles. The first-order valence-corrected chi connectivity index (χ1v) is 3.91. The molecule has 0 amide bonds. The van der Waals surface area contributed by atoms with Gasteiger partial charge in [-0.05, 0) is 13.0 Å². The van der Waals surface area contributed by atoms with Gasteiger partial charge in [0.25, 0.3) is 0 Å². The zero-order valence-electron chi connectivity index (χ0n) is 7.17. The molecule has 0 aliphatic rings. The molecular weight excluding hydrogens is 176 g/mol. The van der Waals surface area contributed by atoms with Crippen molar-refractivity contribution in [3.05, 3.63) is 35.4 Å². The lowest BCUT2D eigenvalue weighted by Gasteiger charge is -2.15. The van der Waals surface area contributed by atoms with E-state index in [9.17, 15) is 13.9 Å². The third-order valence-electron chi connectivity index (χ3n) is 1.80. The van der Waals surface area contributed by atoms with Crippen molar-refractivity contribution in [2.24, 2.45) is 5.73 Å². The van der Waals surface area contributed by atoms with Crippen LogP contribution in [-0.2, 0) is 0 Å². The summed E-state index contributed by atoms with van der Waals surface area (Å²) >= 11 is 0. The molecule has 0 spiro atoms. The molecule has 1 aromatic rings. The lowest BCUT2D eigenvalue weighted by Crippen LogP contribution is -2.25. The Labute approximate surface area is 75.0 Å². The van der Waals surface area contributed by atoms with E-state index in [0.717, 1.165) is 6.07 Å². The molecule has 4 heteroatoms. The first kappa shape index (κ1) is 10.1. The van der Waals surface area contributed by atoms with Crippen molar-refractivity contribution < 1.29 is 13.9 Å². The molecule has 0 unspecified atom stereocenters. The number of benzene rings is 1. The molecule has 2 atom stereocenters. The Bertz CT molecular complexity index is 302. The summed E-state index contributed by atoms with van der Waals surface area (Å²) in [6.07, 6.45) is -1.17. The molecule has 3 N–H and O–H groups in total. The van der Waals surface area contributed by atoms with Crippen molar-refractivity contribution in [1.82, 2.24) is 0 Å². The largest absolute Gasteiger partial charge is 0.387 e. The fourth-order valence-corrected chi connectivity index (χ4v) is 1.03. The second-order valence-electron chi connectivity index (χ2n) is 2.95. The number of rotatable bonds is 2. The van der Waals surface area contributed by atoms with Crippen molar-refractivity contribution in [2.75, 3.05) is 0 Å². The summed E-state index contributed by atoms with van der Waals surface area (Å²) in [5, 5.41) is 9.37. The van der Waals surface area contributed by atoms with Gasteiger partial charge in [-0.1, -0.05) is 12.1 Å². The third-order valence-corrected chi connectivity index (χ3v) is 1.80. The summed E-state index contributed by atoms with van der Waals surface area (Å²) in [7, 11) is 0. The van der Waals surface area contributed by atoms with Gasteiger partial charge in [0.2, 0.25) is 0 Å². The maximum atomic E-state index is 13.0. The minimum atomic E-state index is -1.17. The van der Waals surface area contributed by atoms with E-state index in [0.29, 0.717) is 0 Å². The molecule has 13 heavy (non-hydrogen) atoms. The Morgan fingerprint density at radius 1 is 1.38 bits per heavy atom. The van der Waals surface area contributed by atoms with E-state index in [4.69, 9.17) is 5.73 Å². The Morgan fingerprint density at radius 3 is 2.54 bits per heavy atom. The first-order chi connectivity index (χ1) is 6.04. The second-order valence-corrected chi connectivity index (χ2v) is 2.95. The quantitative estimate of drug-likeness (QED) is 0.734. The zero-order chi connectivity index (χ0) is 10.0. The topological polar surface area (TPSA) is 46.2 Å². The van der Waals surface area contributed by atoms with Gasteiger partial charge in [0.05, 0.1) is 6.10 Å². The molecular formula is C9H11F2NO. The van der Waals surface area contributed by atoms with Crippen LogP contribution in [0.5, 0.6) is 0 Å². The van der Waals surface area contributed by atoms with E-state index >= 15 is 0 Å². The van der Waals surface area contributed by atoms with Crippen LogP contribution >= 0.6 is 0 Å². The van der Waals surface area contributed by atoms with Gasteiger partial charge in [-0.3, -0.25) is 0 Å². The monoisotopic (exact) mass is 187 g/mol. The van der Waals surface area contributed by atoms with Crippen LogP contribution in [0.2, 0.25) is 0 Å². The molecule has 0 radical (unpaired) electrons. The summed E-state index contributed by atoms with van der Waals surface area (Å²) in [5.41, 5.74) is 5.25. The molecule has 0 aromatic heterocycles. The minimum Gasteiger partial charge on any atom is -0.387 e. The third kappa shape index (κ3) is 2.02. The summed E-state index contributed by atoms with van der Waals surface area (Å²) in [6, 6.07) is 3.01. The summed E-state index contributed by atoms with van der Waals surface area (Å²) in [4.78, 5) is 0. The molecule has 0 saturated heterocycles. The molecule has 0 saturated carbocycles. The molecule has 1 rings (SSSR count). The molecule has 0 aliphatic heterocycles. The smallest absolute Gasteiger partial charge is 0.164 e. The van der Waals surface area contributed by atoms with Gasteiger partial charge in [-0.2, -0.15) is 0 Å². The fraction of sp³-hybridized carbons (Fsp3) is 0.333. The highest BCUT2D eigenvalue weighted by Gasteiger charge is 2.18. The van der Waals surface area contributed by atoms with Crippen LogP contribution in [-0.4, -0.2) is 11.1 Å². The number of hydrogen-bond donors (Lipinski definition) is 2. The number of aliphatic hydroxyl groups excluding tert-OH is 1.